The maximum atomic E-state index is 12.2. The van der Waals surface area contributed by atoms with Crippen LogP contribution in [0.5, 0.6) is 5.75 Å². The van der Waals surface area contributed by atoms with Gasteiger partial charge in [0.05, 0.1) is 23.8 Å². The van der Waals surface area contributed by atoms with Crippen molar-refractivity contribution in [1.29, 1.82) is 0 Å². The second kappa shape index (κ2) is 7.31. The summed E-state index contributed by atoms with van der Waals surface area (Å²) in [5.41, 5.74) is 0. The molecule has 0 bridgehead atoms. The summed E-state index contributed by atoms with van der Waals surface area (Å²) in [7, 11) is 0. The molecule has 0 saturated carbocycles. The number of nitrogens with zero attached hydrogens (tertiary/aromatic N) is 1. The van der Waals surface area contributed by atoms with Crippen LogP contribution in [0, 0.1) is 0 Å². The average Bonchev–Trinajstić information content (AvgIpc) is 2.47. The van der Waals surface area contributed by atoms with Crippen LogP contribution in [-0.4, -0.2) is 54.4 Å². The summed E-state index contributed by atoms with van der Waals surface area (Å²) in [6.45, 7) is 2.44. The third-order valence-electron chi connectivity index (χ3n) is 3.13. The number of aliphatic hydroxyl groups is 1. The zero-order valence-electron chi connectivity index (χ0n) is 11.6. The predicted octanol–water partition coefficient (Wildman–Crippen LogP) is 1.98. The molecule has 116 valence electrons. The van der Waals surface area contributed by atoms with Gasteiger partial charge >= 0.3 is 0 Å². The molecule has 1 N–H and O–H groups in total. The van der Waals surface area contributed by atoms with Crippen molar-refractivity contribution in [3.63, 3.8) is 0 Å². The first-order valence-electron chi connectivity index (χ1n) is 6.61. The Kier molecular flexibility index (Phi) is 5.70. The van der Waals surface area contributed by atoms with E-state index in [9.17, 15) is 4.79 Å². The van der Waals surface area contributed by atoms with Crippen molar-refractivity contribution in [1.82, 2.24) is 4.90 Å². The molecule has 1 saturated heterocycles. The first kappa shape index (κ1) is 16.4. The van der Waals surface area contributed by atoms with Gasteiger partial charge < -0.3 is 19.5 Å². The van der Waals surface area contributed by atoms with E-state index in [1.54, 1.807) is 23.1 Å². The molecule has 1 fully saturated rings. The highest BCUT2D eigenvalue weighted by Gasteiger charge is 2.28. The predicted molar refractivity (Wildman–Crippen MR) is 80.0 cm³/mol. The summed E-state index contributed by atoms with van der Waals surface area (Å²) < 4.78 is 10.9. The Morgan fingerprint density at radius 1 is 1.48 bits per heavy atom. The number of hydrogen-bond acceptors (Lipinski definition) is 4. The Hall–Kier alpha value is -1.01. The molecule has 2 atom stereocenters. The van der Waals surface area contributed by atoms with Gasteiger partial charge in [-0.1, -0.05) is 23.2 Å². The Bertz CT molecular complexity index is 512. The van der Waals surface area contributed by atoms with Gasteiger partial charge in [-0.3, -0.25) is 4.79 Å². The van der Waals surface area contributed by atoms with Gasteiger partial charge in [0.1, 0.15) is 5.75 Å². The van der Waals surface area contributed by atoms with Crippen LogP contribution in [0.3, 0.4) is 0 Å². The number of amides is 1. The van der Waals surface area contributed by atoms with E-state index >= 15 is 0 Å². The van der Waals surface area contributed by atoms with Gasteiger partial charge in [0.15, 0.2) is 6.61 Å². The Morgan fingerprint density at radius 3 is 2.95 bits per heavy atom. The summed E-state index contributed by atoms with van der Waals surface area (Å²) >= 11 is 11.8. The number of aliphatic hydroxyl groups excluding tert-OH is 1. The van der Waals surface area contributed by atoms with Crippen LogP contribution in [0.1, 0.15) is 6.92 Å². The third kappa shape index (κ3) is 4.48. The first-order valence-corrected chi connectivity index (χ1v) is 7.37. The van der Waals surface area contributed by atoms with E-state index in [0.717, 1.165) is 0 Å². The van der Waals surface area contributed by atoms with E-state index in [1.807, 2.05) is 6.92 Å². The van der Waals surface area contributed by atoms with E-state index in [0.29, 0.717) is 28.9 Å². The zero-order valence-corrected chi connectivity index (χ0v) is 13.1. The van der Waals surface area contributed by atoms with Gasteiger partial charge in [0.2, 0.25) is 0 Å². The molecule has 0 spiro atoms. The molecule has 0 aromatic heterocycles. The van der Waals surface area contributed by atoms with Gasteiger partial charge in [-0.05, 0) is 19.1 Å². The van der Waals surface area contributed by atoms with E-state index in [-0.39, 0.29) is 31.3 Å². The molecule has 2 rings (SSSR count). The molecule has 1 aliphatic rings. The van der Waals surface area contributed by atoms with E-state index in [1.165, 1.54) is 0 Å². The fourth-order valence-electron chi connectivity index (χ4n) is 2.17. The summed E-state index contributed by atoms with van der Waals surface area (Å²) in [5, 5.41) is 10.0. The van der Waals surface area contributed by atoms with Gasteiger partial charge in [0.25, 0.3) is 5.91 Å². The second-order valence-electron chi connectivity index (χ2n) is 4.91. The van der Waals surface area contributed by atoms with Crippen molar-refractivity contribution in [3.8, 4) is 5.75 Å². The summed E-state index contributed by atoms with van der Waals surface area (Å²) in [4.78, 5) is 13.8. The summed E-state index contributed by atoms with van der Waals surface area (Å²) in [6, 6.07) is 4.83. The maximum absolute atomic E-state index is 12.2. The molecule has 7 heteroatoms. The number of halogens is 2. The molecule has 21 heavy (non-hydrogen) atoms. The quantitative estimate of drug-likeness (QED) is 0.915. The van der Waals surface area contributed by atoms with Crippen LogP contribution in [0.25, 0.3) is 0 Å². The molecule has 0 aliphatic carbocycles. The van der Waals surface area contributed by atoms with Gasteiger partial charge in [-0.25, -0.2) is 0 Å². The van der Waals surface area contributed by atoms with Gasteiger partial charge in [0, 0.05) is 24.2 Å². The van der Waals surface area contributed by atoms with Crippen LogP contribution in [0.4, 0.5) is 0 Å². The van der Waals surface area contributed by atoms with Crippen molar-refractivity contribution in [2.24, 2.45) is 0 Å². The van der Waals surface area contributed by atoms with Crippen LogP contribution < -0.4 is 4.74 Å². The standard InChI is InChI=1S/C14H17Cl2NO4/c1-9-5-17(6-11(7-18)21-9)14(19)8-20-13-4-10(15)2-3-12(13)16/h2-4,9,11,18H,5-8H2,1H3. The highest BCUT2D eigenvalue weighted by atomic mass is 35.5. The molecule has 2 unspecified atom stereocenters. The number of carbonyl (C=O) groups excluding carboxylic acids is 1. The molecular formula is C14H17Cl2NO4. The van der Waals surface area contributed by atoms with Crippen molar-refractivity contribution in [3.05, 3.63) is 28.2 Å². The van der Waals surface area contributed by atoms with Crippen LogP contribution in [0.15, 0.2) is 18.2 Å². The van der Waals surface area contributed by atoms with Crippen molar-refractivity contribution in [2.45, 2.75) is 19.1 Å². The van der Waals surface area contributed by atoms with Crippen molar-refractivity contribution >= 4 is 29.1 Å². The van der Waals surface area contributed by atoms with E-state index in [4.69, 9.17) is 37.8 Å². The lowest BCUT2D eigenvalue weighted by Gasteiger charge is -2.36. The largest absolute Gasteiger partial charge is 0.482 e. The van der Waals surface area contributed by atoms with E-state index in [2.05, 4.69) is 0 Å². The topological polar surface area (TPSA) is 59.0 Å². The summed E-state index contributed by atoms with van der Waals surface area (Å²) in [5.74, 6) is 0.192. The normalized spacial score (nSPS) is 22.2. The lowest BCUT2D eigenvalue weighted by molar-refractivity contribution is -0.149. The zero-order chi connectivity index (χ0) is 15.4. The Morgan fingerprint density at radius 2 is 2.24 bits per heavy atom. The Balaban J connectivity index is 1.93. The molecule has 0 radical (unpaired) electrons. The number of hydrogen-bond donors (Lipinski definition) is 1. The molecule has 1 aliphatic heterocycles. The lowest BCUT2D eigenvalue weighted by Crippen LogP contribution is -2.51. The third-order valence-corrected chi connectivity index (χ3v) is 3.67. The van der Waals surface area contributed by atoms with Gasteiger partial charge in [-0.15, -0.1) is 0 Å². The minimum atomic E-state index is -0.354. The number of benzene rings is 1. The number of morpholine rings is 1. The monoisotopic (exact) mass is 333 g/mol. The Labute approximate surface area is 133 Å². The highest BCUT2D eigenvalue weighted by Crippen LogP contribution is 2.27. The van der Waals surface area contributed by atoms with Gasteiger partial charge in [-0.2, -0.15) is 0 Å². The summed E-state index contributed by atoms with van der Waals surface area (Å²) in [6.07, 6.45) is -0.470. The SMILES string of the molecule is CC1CN(C(=O)COc2cc(Cl)ccc2Cl)CC(CO)O1. The number of rotatable bonds is 4. The molecular weight excluding hydrogens is 317 g/mol. The first-order chi connectivity index (χ1) is 9.99. The lowest BCUT2D eigenvalue weighted by atomic mass is 10.2. The molecule has 1 amide bonds. The van der Waals surface area contributed by atoms with Crippen LogP contribution in [-0.2, 0) is 9.53 Å². The molecule has 1 aromatic rings. The van der Waals surface area contributed by atoms with Crippen molar-refractivity contribution < 1.29 is 19.4 Å². The van der Waals surface area contributed by atoms with Crippen LogP contribution >= 0.6 is 23.2 Å². The highest BCUT2D eigenvalue weighted by molar-refractivity contribution is 6.34. The molecule has 1 aromatic carbocycles. The minimum Gasteiger partial charge on any atom is -0.482 e. The second-order valence-corrected chi connectivity index (χ2v) is 5.76. The fraction of sp³-hybridized carbons (Fsp3) is 0.500. The molecule has 5 nitrogen and oxygen atoms in total. The minimum absolute atomic E-state index is 0.116. The van der Waals surface area contributed by atoms with Crippen LogP contribution in [0.2, 0.25) is 10.0 Å². The average molecular weight is 334 g/mol. The number of carbonyl (C=O) groups is 1. The molecule has 1 heterocycles. The fourth-order valence-corrected chi connectivity index (χ4v) is 2.50. The smallest absolute Gasteiger partial charge is 0.260 e. The van der Waals surface area contributed by atoms with Crippen molar-refractivity contribution in [2.75, 3.05) is 26.3 Å². The van der Waals surface area contributed by atoms with E-state index < -0.39 is 0 Å². The maximum Gasteiger partial charge on any atom is 0.260 e. The number of ether oxygens (including phenoxy) is 2.